The maximum atomic E-state index is 13.2. The number of hydrogen-bond donors (Lipinski definition) is 2. The summed E-state index contributed by atoms with van der Waals surface area (Å²) in [4.78, 5) is 21.4. The molecule has 3 aromatic rings. The minimum Gasteiger partial charge on any atom is -0.379 e. The van der Waals surface area contributed by atoms with E-state index < -0.39 is 29.6 Å². The van der Waals surface area contributed by atoms with Crippen LogP contribution in [0.2, 0.25) is 0 Å². The van der Waals surface area contributed by atoms with Crippen molar-refractivity contribution in [1.82, 2.24) is 15.3 Å². The molecule has 158 valence electrons. The monoisotopic (exact) mass is 439 g/mol. The SMILES string of the molecule is CC(Cc1cncs1)NC(=O)c1cc(-c2ccc(F)cn2)cc(C(O)C(F)(F)F)c1. The van der Waals surface area contributed by atoms with Gasteiger partial charge in [0.2, 0.25) is 0 Å². The van der Waals surface area contributed by atoms with Crippen LogP contribution < -0.4 is 5.32 Å². The van der Waals surface area contributed by atoms with Gasteiger partial charge in [-0.15, -0.1) is 11.3 Å². The molecule has 0 aliphatic rings. The Bertz CT molecular complexity index is 1010. The number of rotatable bonds is 6. The van der Waals surface area contributed by atoms with E-state index in [4.69, 9.17) is 0 Å². The molecule has 0 radical (unpaired) electrons. The number of thiazole rings is 1. The lowest BCUT2D eigenvalue weighted by molar-refractivity contribution is -0.206. The lowest BCUT2D eigenvalue weighted by atomic mass is 9.98. The van der Waals surface area contributed by atoms with Crippen LogP contribution in [0.25, 0.3) is 11.3 Å². The van der Waals surface area contributed by atoms with E-state index in [-0.39, 0.29) is 22.9 Å². The molecule has 5 nitrogen and oxygen atoms in total. The Labute approximate surface area is 173 Å². The number of aliphatic hydroxyl groups excluding tert-OH is 1. The van der Waals surface area contributed by atoms with E-state index in [0.29, 0.717) is 6.42 Å². The Morgan fingerprint density at radius 1 is 1.23 bits per heavy atom. The first-order chi connectivity index (χ1) is 14.1. The first kappa shape index (κ1) is 21.8. The quantitative estimate of drug-likeness (QED) is 0.562. The van der Waals surface area contributed by atoms with Gasteiger partial charge >= 0.3 is 6.18 Å². The molecule has 1 aromatic carbocycles. The number of benzene rings is 1. The molecule has 2 heterocycles. The number of carbonyl (C=O) groups excluding carboxylic acids is 1. The number of nitrogens with one attached hydrogen (secondary N) is 1. The van der Waals surface area contributed by atoms with Crippen molar-refractivity contribution in [3.8, 4) is 11.3 Å². The van der Waals surface area contributed by atoms with Gasteiger partial charge in [-0.2, -0.15) is 13.2 Å². The number of carbonyl (C=O) groups is 1. The third-order valence-electron chi connectivity index (χ3n) is 4.23. The molecule has 0 saturated heterocycles. The summed E-state index contributed by atoms with van der Waals surface area (Å²) in [7, 11) is 0. The molecule has 0 fully saturated rings. The second-order valence-electron chi connectivity index (χ2n) is 6.70. The number of halogens is 4. The molecule has 0 spiro atoms. The molecule has 2 unspecified atom stereocenters. The first-order valence-electron chi connectivity index (χ1n) is 8.83. The Morgan fingerprint density at radius 2 is 2.00 bits per heavy atom. The summed E-state index contributed by atoms with van der Waals surface area (Å²) in [6.45, 7) is 1.76. The highest BCUT2D eigenvalue weighted by atomic mass is 32.1. The second kappa shape index (κ2) is 8.88. The van der Waals surface area contributed by atoms with Crippen LogP contribution in [-0.4, -0.2) is 33.2 Å². The van der Waals surface area contributed by atoms with Gasteiger partial charge < -0.3 is 10.4 Å². The fraction of sp³-hybridized carbons (Fsp3) is 0.250. The molecular formula is C20H17F4N3O2S. The normalized spacial score (nSPS) is 13.7. The van der Waals surface area contributed by atoms with Crippen LogP contribution in [0.1, 0.15) is 33.8 Å². The van der Waals surface area contributed by atoms with E-state index in [1.807, 2.05) is 0 Å². The second-order valence-corrected chi connectivity index (χ2v) is 7.67. The van der Waals surface area contributed by atoms with Gasteiger partial charge in [-0.05, 0) is 42.8 Å². The van der Waals surface area contributed by atoms with Crippen molar-refractivity contribution in [2.75, 3.05) is 0 Å². The summed E-state index contributed by atoms with van der Waals surface area (Å²) in [6, 6.07) is 5.49. The highest BCUT2D eigenvalue weighted by Gasteiger charge is 2.39. The summed E-state index contributed by atoms with van der Waals surface area (Å²) < 4.78 is 52.3. The van der Waals surface area contributed by atoms with Crippen LogP contribution in [-0.2, 0) is 6.42 Å². The van der Waals surface area contributed by atoms with Crippen molar-refractivity contribution in [3.05, 3.63) is 70.1 Å². The van der Waals surface area contributed by atoms with Crippen molar-refractivity contribution in [2.24, 2.45) is 0 Å². The maximum Gasteiger partial charge on any atom is 0.418 e. The van der Waals surface area contributed by atoms with Gasteiger partial charge in [-0.3, -0.25) is 14.8 Å². The Morgan fingerprint density at radius 3 is 2.60 bits per heavy atom. The van der Waals surface area contributed by atoms with E-state index in [1.165, 1.54) is 23.5 Å². The molecule has 10 heteroatoms. The van der Waals surface area contributed by atoms with Gasteiger partial charge in [0, 0.05) is 34.7 Å². The Hall–Kier alpha value is -2.85. The van der Waals surface area contributed by atoms with Crippen LogP contribution in [0.15, 0.2) is 48.2 Å². The fourth-order valence-electron chi connectivity index (χ4n) is 2.83. The van der Waals surface area contributed by atoms with Crippen molar-refractivity contribution in [3.63, 3.8) is 0 Å². The lowest BCUT2D eigenvalue weighted by Gasteiger charge is -2.18. The van der Waals surface area contributed by atoms with Gasteiger partial charge in [0.1, 0.15) is 5.82 Å². The number of aliphatic hydroxyl groups is 1. The zero-order chi connectivity index (χ0) is 21.9. The van der Waals surface area contributed by atoms with Gasteiger partial charge in [-0.25, -0.2) is 4.39 Å². The number of hydrogen-bond acceptors (Lipinski definition) is 5. The van der Waals surface area contributed by atoms with E-state index >= 15 is 0 Å². The van der Waals surface area contributed by atoms with Gasteiger partial charge in [0.05, 0.1) is 17.4 Å². The Kier molecular flexibility index (Phi) is 6.47. The minimum atomic E-state index is -4.91. The molecule has 0 bridgehead atoms. The smallest absolute Gasteiger partial charge is 0.379 e. The van der Waals surface area contributed by atoms with Crippen molar-refractivity contribution >= 4 is 17.2 Å². The molecular weight excluding hydrogens is 422 g/mol. The fourth-order valence-corrected chi connectivity index (χ4v) is 3.55. The number of alkyl halides is 3. The predicted octanol–water partition coefficient (Wildman–Crippen LogP) is 4.30. The van der Waals surface area contributed by atoms with Crippen LogP contribution in [0, 0.1) is 5.82 Å². The average molecular weight is 439 g/mol. The number of aromatic nitrogens is 2. The molecule has 0 aliphatic carbocycles. The molecule has 2 atom stereocenters. The summed E-state index contributed by atoms with van der Waals surface area (Å²) in [5.41, 5.74) is 1.39. The summed E-state index contributed by atoms with van der Waals surface area (Å²) in [5, 5.41) is 12.4. The average Bonchev–Trinajstić information content (AvgIpc) is 3.19. The standard InChI is InChI=1S/C20H17F4N3O2S/c1-11(4-16-9-25-10-30-16)27-19(29)14-6-12(17-3-2-15(21)8-26-17)5-13(7-14)18(28)20(22,23)24/h2-3,5-11,18,28H,4H2,1H3,(H,27,29). The zero-order valence-electron chi connectivity index (χ0n) is 15.7. The molecule has 0 saturated carbocycles. The zero-order valence-corrected chi connectivity index (χ0v) is 16.5. The maximum absolute atomic E-state index is 13.2. The highest BCUT2D eigenvalue weighted by Crippen LogP contribution is 2.34. The third kappa shape index (κ3) is 5.39. The Balaban J connectivity index is 1.92. The van der Waals surface area contributed by atoms with Gasteiger partial charge in [-0.1, -0.05) is 0 Å². The third-order valence-corrected chi connectivity index (χ3v) is 5.04. The van der Waals surface area contributed by atoms with Crippen LogP contribution in [0.3, 0.4) is 0 Å². The molecule has 0 aliphatic heterocycles. The minimum absolute atomic E-state index is 0.0759. The molecule has 3 rings (SSSR count). The van der Waals surface area contributed by atoms with E-state index in [0.717, 1.165) is 29.3 Å². The van der Waals surface area contributed by atoms with Crippen LogP contribution in [0.4, 0.5) is 17.6 Å². The lowest BCUT2D eigenvalue weighted by Crippen LogP contribution is -2.34. The van der Waals surface area contributed by atoms with E-state index in [1.54, 1.807) is 18.6 Å². The van der Waals surface area contributed by atoms with E-state index in [2.05, 4.69) is 15.3 Å². The summed E-state index contributed by atoms with van der Waals surface area (Å²) in [5.74, 6) is -1.22. The molecule has 2 N–H and O–H groups in total. The summed E-state index contributed by atoms with van der Waals surface area (Å²) in [6.07, 6.45) is -4.60. The summed E-state index contributed by atoms with van der Waals surface area (Å²) >= 11 is 1.42. The van der Waals surface area contributed by atoms with Gasteiger partial charge in [0.15, 0.2) is 6.10 Å². The van der Waals surface area contributed by atoms with Crippen molar-refractivity contribution < 1.29 is 27.5 Å². The van der Waals surface area contributed by atoms with Crippen molar-refractivity contribution in [2.45, 2.75) is 31.7 Å². The van der Waals surface area contributed by atoms with Gasteiger partial charge in [0.25, 0.3) is 5.91 Å². The molecule has 30 heavy (non-hydrogen) atoms. The number of nitrogens with zero attached hydrogens (tertiary/aromatic N) is 2. The predicted molar refractivity (Wildman–Crippen MR) is 103 cm³/mol. The molecule has 1 amide bonds. The number of pyridine rings is 1. The van der Waals surface area contributed by atoms with Crippen LogP contribution >= 0.6 is 11.3 Å². The number of amides is 1. The van der Waals surface area contributed by atoms with E-state index in [9.17, 15) is 27.5 Å². The first-order valence-corrected chi connectivity index (χ1v) is 9.71. The van der Waals surface area contributed by atoms with Crippen molar-refractivity contribution in [1.29, 1.82) is 0 Å². The topological polar surface area (TPSA) is 75.1 Å². The highest BCUT2D eigenvalue weighted by molar-refractivity contribution is 7.09. The largest absolute Gasteiger partial charge is 0.418 e. The van der Waals surface area contributed by atoms with Crippen LogP contribution in [0.5, 0.6) is 0 Å². The molecule has 2 aromatic heterocycles.